The van der Waals surface area contributed by atoms with E-state index in [4.69, 9.17) is 16.7 Å². The summed E-state index contributed by atoms with van der Waals surface area (Å²) in [6.45, 7) is -0.337. The summed E-state index contributed by atoms with van der Waals surface area (Å²) in [5.74, 6) is 0. The highest BCUT2D eigenvalue weighted by molar-refractivity contribution is 7.89. The van der Waals surface area contributed by atoms with Gasteiger partial charge in [0, 0.05) is 11.6 Å². The zero-order chi connectivity index (χ0) is 14.6. The van der Waals surface area contributed by atoms with Crippen molar-refractivity contribution in [3.8, 4) is 0 Å². The van der Waals surface area contributed by atoms with Crippen molar-refractivity contribution in [2.24, 2.45) is 0 Å². The van der Waals surface area contributed by atoms with Crippen LogP contribution >= 0.6 is 11.6 Å². The van der Waals surface area contributed by atoms with Crippen molar-refractivity contribution in [3.05, 3.63) is 28.8 Å². The normalized spacial score (nSPS) is 12.4. The van der Waals surface area contributed by atoms with Crippen molar-refractivity contribution in [1.29, 1.82) is 0 Å². The van der Waals surface area contributed by atoms with E-state index in [9.17, 15) is 17.2 Å². The molecule has 108 valence electrons. The Kier molecular flexibility index (Phi) is 5.66. The molecule has 0 saturated heterocycles. The summed E-state index contributed by atoms with van der Waals surface area (Å²) < 4.78 is 49.8. The van der Waals surface area contributed by atoms with Crippen molar-refractivity contribution in [3.63, 3.8) is 0 Å². The van der Waals surface area contributed by atoms with Crippen LogP contribution in [0.25, 0.3) is 0 Å². The van der Waals surface area contributed by atoms with Crippen molar-refractivity contribution in [2.75, 3.05) is 19.7 Å². The molecule has 1 N–H and O–H groups in total. The van der Waals surface area contributed by atoms with E-state index >= 15 is 0 Å². The van der Waals surface area contributed by atoms with Gasteiger partial charge in [0.25, 0.3) is 6.43 Å². The zero-order valence-corrected chi connectivity index (χ0v) is 11.8. The average Bonchev–Trinajstić information content (AvgIpc) is 2.27. The van der Waals surface area contributed by atoms with Gasteiger partial charge in [-0.25, -0.2) is 17.2 Å². The Bertz CT molecular complexity index is 537. The van der Waals surface area contributed by atoms with Gasteiger partial charge >= 0.3 is 0 Å². The molecule has 0 saturated carbocycles. The average molecular weight is 314 g/mol. The van der Waals surface area contributed by atoms with Gasteiger partial charge in [-0.3, -0.25) is 0 Å². The molecule has 0 radical (unpaired) electrons. The van der Waals surface area contributed by atoms with Gasteiger partial charge in [0.2, 0.25) is 10.0 Å². The van der Waals surface area contributed by atoms with Crippen LogP contribution in [-0.4, -0.2) is 44.0 Å². The van der Waals surface area contributed by atoms with Gasteiger partial charge < -0.3 is 5.11 Å². The second kappa shape index (κ2) is 6.60. The highest BCUT2D eigenvalue weighted by Gasteiger charge is 2.28. The van der Waals surface area contributed by atoms with Crippen LogP contribution in [0.1, 0.15) is 5.56 Å². The number of nitrogens with zero attached hydrogens (tertiary/aromatic N) is 1. The lowest BCUT2D eigenvalue weighted by Gasteiger charge is -2.21. The van der Waals surface area contributed by atoms with Gasteiger partial charge in [-0.1, -0.05) is 11.6 Å². The number of sulfonamides is 1. The maximum Gasteiger partial charge on any atom is 0.252 e. The van der Waals surface area contributed by atoms with Crippen LogP contribution in [0.2, 0.25) is 5.02 Å². The van der Waals surface area contributed by atoms with Gasteiger partial charge in [0.15, 0.2) is 0 Å². The lowest BCUT2D eigenvalue weighted by atomic mass is 10.2. The molecular weight excluding hydrogens is 300 g/mol. The third kappa shape index (κ3) is 4.10. The van der Waals surface area contributed by atoms with Crippen LogP contribution in [0.3, 0.4) is 0 Å². The first-order valence-electron chi connectivity index (χ1n) is 5.44. The number of halogens is 3. The molecule has 19 heavy (non-hydrogen) atoms. The molecule has 1 aromatic rings. The predicted octanol–water partition coefficient (Wildman–Crippen LogP) is 1.90. The minimum absolute atomic E-state index is 0.0917. The molecule has 0 aliphatic heterocycles. The van der Waals surface area contributed by atoms with E-state index in [1.54, 1.807) is 0 Å². The predicted molar refractivity (Wildman–Crippen MR) is 68.0 cm³/mol. The molecule has 0 aliphatic carbocycles. The number of alkyl halides is 2. The molecule has 0 atom stereocenters. The minimum Gasteiger partial charge on any atom is -0.395 e. The lowest BCUT2D eigenvalue weighted by Crippen LogP contribution is -2.37. The molecule has 0 heterocycles. The standard InChI is InChI=1S/C11H14ClF2NO3S/c1-8-6-9(12)2-3-10(8)19(17,18)15(4-5-16)7-11(13)14/h2-3,6,11,16H,4-5,7H2,1H3. The highest BCUT2D eigenvalue weighted by atomic mass is 35.5. The topological polar surface area (TPSA) is 57.6 Å². The molecule has 0 bridgehead atoms. The van der Waals surface area contributed by atoms with E-state index in [-0.39, 0.29) is 11.4 Å². The number of benzene rings is 1. The molecular formula is C11H14ClF2NO3S. The van der Waals surface area contributed by atoms with Crippen LogP contribution in [0.4, 0.5) is 8.78 Å². The minimum atomic E-state index is -4.07. The zero-order valence-electron chi connectivity index (χ0n) is 10.2. The van der Waals surface area contributed by atoms with Gasteiger partial charge in [-0.2, -0.15) is 4.31 Å². The van der Waals surface area contributed by atoms with E-state index in [2.05, 4.69) is 0 Å². The van der Waals surface area contributed by atoms with Gasteiger partial charge in [0.05, 0.1) is 18.0 Å². The first kappa shape index (κ1) is 16.3. The molecule has 0 aromatic heterocycles. The van der Waals surface area contributed by atoms with E-state index in [1.165, 1.54) is 25.1 Å². The van der Waals surface area contributed by atoms with Gasteiger partial charge in [0.1, 0.15) is 0 Å². The van der Waals surface area contributed by atoms with Crippen LogP contribution in [0.15, 0.2) is 23.1 Å². The molecule has 0 amide bonds. The van der Waals surface area contributed by atoms with E-state index in [0.29, 0.717) is 14.9 Å². The molecule has 0 aliphatic rings. The van der Waals surface area contributed by atoms with Crippen LogP contribution < -0.4 is 0 Å². The second-order valence-electron chi connectivity index (χ2n) is 3.89. The molecule has 0 fully saturated rings. The fourth-order valence-corrected chi connectivity index (χ4v) is 3.46. The maximum atomic E-state index is 12.4. The first-order valence-corrected chi connectivity index (χ1v) is 7.26. The highest BCUT2D eigenvalue weighted by Crippen LogP contribution is 2.23. The van der Waals surface area contributed by atoms with Crippen molar-refractivity contribution < 1.29 is 22.3 Å². The summed E-state index contributed by atoms with van der Waals surface area (Å²) >= 11 is 5.72. The smallest absolute Gasteiger partial charge is 0.252 e. The Balaban J connectivity index is 3.18. The van der Waals surface area contributed by atoms with E-state index < -0.39 is 29.6 Å². The Morgan fingerprint density at radius 3 is 2.53 bits per heavy atom. The van der Waals surface area contributed by atoms with Crippen molar-refractivity contribution in [2.45, 2.75) is 18.2 Å². The SMILES string of the molecule is Cc1cc(Cl)ccc1S(=O)(=O)N(CCO)CC(F)F. The summed E-state index contributed by atoms with van der Waals surface area (Å²) in [7, 11) is -4.07. The number of aryl methyl sites for hydroxylation is 1. The summed E-state index contributed by atoms with van der Waals surface area (Å²) in [4.78, 5) is -0.0917. The van der Waals surface area contributed by atoms with Crippen molar-refractivity contribution in [1.82, 2.24) is 4.31 Å². The van der Waals surface area contributed by atoms with E-state index in [0.717, 1.165) is 0 Å². The van der Waals surface area contributed by atoms with Gasteiger partial charge in [-0.15, -0.1) is 0 Å². The largest absolute Gasteiger partial charge is 0.395 e. The third-order valence-electron chi connectivity index (χ3n) is 2.45. The number of aliphatic hydroxyl groups excluding tert-OH is 1. The molecule has 0 unspecified atom stereocenters. The Labute approximate surface area is 115 Å². The monoisotopic (exact) mass is 313 g/mol. The number of aliphatic hydroxyl groups is 1. The number of hydrogen-bond donors (Lipinski definition) is 1. The lowest BCUT2D eigenvalue weighted by molar-refractivity contribution is 0.113. The molecule has 1 rings (SSSR count). The second-order valence-corrected chi connectivity index (χ2v) is 6.23. The Hall–Kier alpha value is -0.760. The Morgan fingerprint density at radius 1 is 1.42 bits per heavy atom. The molecule has 0 spiro atoms. The van der Waals surface area contributed by atoms with Crippen LogP contribution in [0, 0.1) is 6.92 Å². The number of hydrogen-bond acceptors (Lipinski definition) is 3. The summed E-state index contributed by atoms with van der Waals surface area (Å²) in [5.41, 5.74) is 0.365. The molecule has 4 nitrogen and oxygen atoms in total. The fraction of sp³-hybridized carbons (Fsp3) is 0.455. The number of rotatable bonds is 6. The van der Waals surface area contributed by atoms with Crippen LogP contribution in [0.5, 0.6) is 0 Å². The summed E-state index contributed by atoms with van der Waals surface area (Å²) in [5, 5.41) is 9.16. The fourth-order valence-electron chi connectivity index (χ4n) is 1.62. The maximum absolute atomic E-state index is 12.4. The van der Waals surface area contributed by atoms with Gasteiger partial charge in [-0.05, 0) is 30.7 Å². The molecule has 8 heteroatoms. The Morgan fingerprint density at radius 2 is 2.05 bits per heavy atom. The van der Waals surface area contributed by atoms with E-state index in [1.807, 2.05) is 0 Å². The quantitative estimate of drug-likeness (QED) is 0.872. The first-order chi connectivity index (χ1) is 8.78. The van der Waals surface area contributed by atoms with Crippen LogP contribution in [-0.2, 0) is 10.0 Å². The van der Waals surface area contributed by atoms with Crippen molar-refractivity contribution >= 4 is 21.6 Å². The summed E-state index contributed by atoms with van der Waals surface area (Å²) in [6.07, 6.45) is -2.81. The molecule has 1 aromatic carbocycles. The third-order valence-corrected chi connectivity index (χ3v) is 4.71. The summed E-state index contributed by atoms with van der Waals surface area (Å²) in [6, 6.07) is 4.08.